The van der Waals surface area contributed by atoms with Crippen LogP contribution in [0.3, 0.4) is 0 Å². The van der Waals surface area contributed by atoms with Gasteiger partial charge in [-0.3, -0.25) is 0 Å². The molecular weight excluding hydrogens is 258 g/mol. The van der Waals surface area contributed by atoms with Crippen molar-refractivity contribution in [2.75, 3.05) is 5.75 Å². The second-order valence-electron chi connectivity index (χ2n) is 5.28. The predicted octanol–water partition coefficient (Wildman–Crippen LogP) is 3.47. The van der Waals surface area contributed by atoms with Gasteiger partial charge in [-0.25, -0.2) is 8.42 Å². The molecule has 0 fully saturated rings. The van der Waals surface area contributed by atoms with E-state index >= 15 is 0 Å². The first-order chi connectivity index (χ1) is 8.85. The number of nitrogens with zero attached hydrogens (tertiary/aromatic N) is 1. The van der Waals surface area contributed by atoms with Crippen molar-refractivity contribution in [1.82, 2.24) is 4.57 Å². The molecule has 104 valence electrons. The number of sulfone groups is 1. The molecule has 0 aliphatic heterocycles. The number of aryl methyl sites for hydroxylation is 1. The Morgan fingerprint density at radius 2 is 1.95 bits per heavy atom. The zero-order chi connectivity index (χ0) is 14.2. The minimum Gasteiger partial charge on any atom is -0.341 e. The minimum absolute atomic E-state index is 0.121. The van der Waals surface area contributed by atoms with E-state index in [1.165, 1.54) is 5.56 Å². The Kier molecular flexibility index (Phi) is 3.72. The van der Waals surface area contributed by atoms with Crippen LogP contribution in [0.15, 0.2) is 24.3 Å². The third-order valence-electron chi connectivity index (χ3n) is 3.51. The molecule has 2 rings (SSSR count). The van der Waals surface area contributed by atoms with Gasteiger partial charge < -0.3 is 4.57 Å². The van der Waals surface area contributed by atoms with Crippen LogP contribution in [0.1, 0.15) is 38.1 Å². The van der Waals surface area contributed by atoms with Gasteiger partial charge in [0, 0.05) is 28.4 Å². The van der Waals surface area contributed by atoms with E-state index in [2.05, 4.69) is 37.5 Å². The van der Waals surface area contributed by atoms with Crippen LogP contribution < -0.4 is 0 Å². The maximum Gasteiger partial charge on any atom is 0.155 e. The van der Waals surface area contributed by atoms with Crippen LogP contribution in [0.4, 0.5) is 0 Å². The predicted molar refractivity (Wildman–Crippen MR) is 80.2 cm³/mol. The zero-order valence-electron chi connectivity index (χ0n) is 12.0. The fourth-order valence-corrected chi connectivity index (χ4v) is 3.38. The van der Waals surface area contributed by atoms with Gasteiger partial charge in [-0.2, -0.15) is 0 Å². The molecule has 4 heteroatoms. The van der Waals surface area contributed by atoms with E-state index < -0.39 is 9.84 Å². The lowest BCUT2D eigenvalue weighted by Crippen LogP contribution is -2.12. The number of rotatable bonds is 4. The van der Waals surface area contributed by atoms with Gasteiger partial charge in [0.25, 0.3) is 0 Å². The van der Waals surface area contributed by atoms with Gasteiger partial charge in [0.05, 0.1) is 5.75 Å². The molecule has 0 radical (unpaired) electrons. The topological polar surface area (TPSA) is 39.1 Å². The van der Waals surface area contributed by atoms with E-state index in [9.17, 15) is 8.42 Å². The first kappa shape index (κ1) is 14.1. The lowest BCUT2D eigenvalue weighted by Gasteiger charge is -2.14. The molecule has 0 unspecified atom stereocenters. The second kappa shape index (κ2) is 5.00. The number of benzene rings is 1. The van der Waals surface area contributed by atoms with E-state index in [0.717, 1.165) is 16.6 Å². The molecule has 0 aliphatic carbocycles. The van der Waals surface area contributed by atoms with Crippen molar-refractivity contribution in [2.24, 2.45) is 0 Å². The summed E-state index contributed by atoms with van der Waals surface area (Å²) < 4.78 is 25.9. The molecule has 0 atom stereocenters. The Balaban J connectivity index is 2.67. The van der Waals surface area contributed by atoms with Gasteiger partial charge in [0.2, 0.25) is 0 Å². The van der Waals surface area contributed by atoms with Crippen molar-refractivity contribution >= 4 is 20.7 Å². The molecule has 0 saturated carbocycles. The van der Waals surface area contributed by atoms with E-state index in [-0.39, 0.29) is 17.5 Å². The lowest BCUT2D eigenvalue weighted by atomic mass is 10.1. The summed E-state index contributed by atoms with van der Waals surface area (Å²) in [6.45, 7) is 7.93. The number of hydrogen-bond donors (Lipinski definition) is 0. The number of hydrogen-bond acceptors (Lipinski definition) is 2. The van der Waals surface area contributed by atoms with Crippen LogP contribution in [0.25, 0.3) is 10.9 Å². The normalized spacial score (nSPS) is 12.5. The molecule has 19 heavy (non-hydrogen) atoms. The lowest BCUT2D eigenvalue weighted by molar-refractivity contribution is 0.582. The Morgan fingerprint density at radius 3 is 2.53 bits per heavy atom. The maximum absolute atomic E-state index is 11.9. The maximum atomic E-state index is 11.9. The summed E-state index contributed by atoms with van der Waals surface area (Å²) in [4.78, 5) is 0. The molecule has 0 N–H and O–H groups in total. The van der Waals surface area contributed by atoms with Crippen LogP contribution in [0.2, 0.25) is 0 Å². The third-order valence-corrected chi connectivity index (χ3v) is 5.12. The van der Waals surface area contributed by atoms with Crippen molar-refractivity contribution in [1.29, 1.82) is 0 Å². The average molecular weight is 279 g/mol. The number of fused-ring (bicyclic) bond motifs is 1. The second-order valence-corrected chi connectivity index (χ2v) is 7.64. The number of aromatic nitrogens is 1. The molecule has 0 bridgehead atoms. The van der Waals surface area contributed by atoms with Gasteiger partial charge in [-0.15, -0.1) is 0 Å². The largest absolute Gasteiger partial charge is 0.341 e. The summed E-state index contributed by atoms with van der Waals surface area (Å²) in [6.07, 6.45) is 0. The summed E-state index contributed by atoms with van der Waals surface area (Å²) in [5.74, 6) is 0.307. The van der Waals surface area contributed by atoms with Crippen LogP contribution >= 0.6 is 0 Å². The highest BCUT2D eigenvalue weighted by molar-refractivity contribution is 7.90. The summed E-state index contributed by atoms with van der Waals surface area (Å²) in [5, 5.41) is 1.15. The van der Waals surface area contributed by atoms with Crippen LogP contribution in [0, 0.1) is 6.92 Å². The molecule has 0 aliphatic rings. The Morgan fingerprint density at radius 1 is 1.26 bits per heavy atom. The van der Waals surface area contributed by atoms with Crippen molar-refractivity contribution in [3.05, 3.63) is 35.5 Å². The molecular formula is C15H21NO2S. The first-order valence-electron chi connectivity index (χ1n) is 6.65. The van der Waals surface area contributed by atoms with Gasteiger partial charge in [-0.1, -0.05) is 19.1 Å². The summed E-state index contributed by atoms with van der Waals surface area (Å²) in [6, 6.07) is 8.42. The fraction of sp³-hybridized carbons (Fsp3) is 0.467. The molecule has 1 aromatic carbocycles. The highest BCUT2D eigenvalue weighted by atomic mass is 32.2. The van der Waals surface area contributed by atoms with Crippen LogP contribution in [0.5, 0.6) is 0 Å². The van der Waals surface area contributed by atoms with Gasteiger partial charge in [0.1, 0.15) is 0 Å². The van der Waals surface area contributed by atoms with Crippen molar-refractivity contribution in [2.45, 2.75) is 39.5 Å². The molecule has 1 aromatic heterocycles. The van der Waals surface area contributed by atoms with Gasteiger partial charge in [-0.05, 0) is 38.5 Å². The Hall–Kier alpha value is -1.29. The summed E-state index contributed by atoms with van der Waals surface area (Å²) >= 11 is 0. The smallest absolute Gasteiger partial charge is 0.155 e. The Bertz CT molecular complexity index is 696. The fourth-order valence-electron chi connectivity index (χ4n) is 2.50. The highest BCUT2D eigenvalue weighted by Crippen LogP contribution is 2.27. The van der Waals surface area contributed by atoms with Crippen molar-refractivity contribution < 1.29 is 8.42 Å². The summed E-state index contributed by atoms with van der Waals surface area (Å²) in [5.41, 5.74) is 3.20. The third kappa shape index (κ3) is 2.68. The molecule has 3 nitrogen and oxygen atoms in total. The van der Waals surface area contributed by atoms with Gasteiger partial charge >= 0.3 is 0 Å². The molecule has 0 spiro atoms. The Labute approximate surface area is 115 Å². The molecule has 2 aromatic rings. The molecule has 0 saturated heterocycles. The molecule has 0 amide bonds. The van der Waals surface area contributed by atoms with E-state index in [1.54, 1.807) is 6.92 Å². The molecule has 1 heterocycles. The zero-order valence-corrected chi connectivity index (χ0v) is 12.8. The van der Waals surface area contributed by atoms with E-state index in [0.29, 0.717) is 0 Å². The first-order valence-corrected chi connectivity index (χ1v) is 8.47. The SMILES string of the molecule is CCS(=O)(=O)Cc1cc2c(C)cccc2n1C(C)C. The van der Waals surface area contributed by atoms with E-state index in [1.807, 2.05) is 12.1 Å². The van der Waals surface area contributed by atoms with Crippen molar-refractivity contribution in [3.8, 4) is 0 Å². The quantitative estimate of drug-likeness (QED) is 0.859. The minimum atomic E-state index is -3.01. The monoisotopic (exact) mass is 279 g/mol. The summed E-state index contributed by atoms with van der Waals surface area (Å²) in [7, 11) is -3.01. The average Bonchev–Trinajstić information content (AvgIpc) is 2.68. The van der Waals surface area contributed by atoms with Gasteiger partial charge in [0.15, 0.2) is 9.84 Å². The van der Waals surface area contributed by atoms with Crippen LogP contribution in [-0.4, -0.2) is 18.7 Å². The van der Waals surface area contributed by atoms with E-state index in [4.69, 9.17) is 0 Å². The van der Waals surface area contributed by atoms with Crippen LogP contribution in [-0.2, 0) is 15.6 Å². The highest BCUT2D eigenvalue weighted by Gasteiger charge is 2.17. The van der Waals surface area contributed by atoms with Crippen molar-refractivity contribution in [3.63, 3.8) is 0 Å². The standard InChI is InChI=1S/C15H21NO2S/c1-5-19(17,18)10-13-9-14-12(4)7-6-8-15(14)16(13)11(2)3/h6-9,11H,5,10H2,1-4H3.